The second-order valence-electron chi connectivity index (χ2n) is 3.13. The maximum Gasteiger partial charge on any atom is 0.220 e. The van der Waals surface area contributed by atoms with Crippen LogP contribution in [0.15, 0.2) is 15.9 Å². The van der Waals surface area contributed by atoms with Gasteiger partial charge in [0.25, 0.3) is 0 Å². The lowest BCUT2D eigenvalue weighted by Gasteiger charge is -2.01. The third-order valence-corrected chi connectivity index (χ3v) is 3.57. The van der Waals surface area contributed by atoms with E-state index in [1.165, 1.54) is 4.88 Å². The van der Waals surface area contributed by atoms with E-state index < -0.39 is 0 Å². The largest absolute Gasteiger partial charge is 0.395 e. The van der Waals surface area contributed by atoms with Crippen molar-refractivity contribution in [3.05, 3.63) is 20.8 Å². The average molecular weight is 292 g/mol. The highest BCUT2D eigenvalue weighted by molar-refractivity contribution is 9.11. The van der Waals surface area contributed by atoms with Gasteiger partial charge >= 0.3 is 0 Å². The first-order chi connectivity index (χ1) is 7.22. The Balaban J connectivity index is 2.13. The number of rotatable bonds is 6. The minimum Gasteiger partial charge on any atom is -0.395 e. The summed E-state index contributed by atoms with van der Waals surface area (Å²) in [7, 11) is 0. The molecule has 1 heterocycles. The number of aryl methyl sites for hydroxylation is 1. The van der Waals surface area contributed by atoms with E-state index in [4.69, 9.17) is 5.11 Å². The Morgan fingerprint density at radius 1 is 1.53 bits per heavy atom. The molecule has 3 nitrogen and oxygen atoms in total. The number of carbonyl (C=O) groups is 1. The number of aliphatic hydroxyl groups is 1. The minimum atomic E-state index is 0.00358. The molecule has 0 bridgehead atoms. The van der Waals surface area contributed by atoms with Crippen LogP contribution in [0.4, 0.5) is 0 Å². The Morgan fingerprint density at radius 3 is 2.93 bits per heavy atom. The minimum absolute atomic E-state index is 0.00358. The smallest absolute Gasteiger partial charge is 0.220 e. The van der Waals surface area contributed by atoms with E-state index in [1.54, 1.807) is 11.3 Å². The van der Waals surface area contributed by atoms with Gasteiger partial charge in [0.15, 0.2) is 0 Å². The molecule has 0 aliphatic rings. The first-order valence-electron chi connectivity index (χ1n) is 4.84. The van der Waals surface area contributed by atoms with Crippen LogP contribution in [0.25, 0.3) is 0 Å². The standard InChI is InChI=1S/C10H14BrNO2S/c11-9-5-4-8(15-9)2-1-3-10(14)12-6-7-13/h4-5,13H,1-3,6-7H2,(H,12,14). The van der Waals surface area contributed by atoms with Gasteiger partial charge in [-0.1, -0.05) is 0 Å². The van der Waals surface area contributed by atoms with Crippen LogP contribution in [-0.4, -0.2) is 24.2 Å². The number of halogens is 1. The Kier molecular flexibility index (Phi) is 5.90. The molecule has 1 amide bonds. The molecule has 0 aliphatic heterocycles. The van der Waals surface area contributed by atoms with E-state index in [0.29, 0.717) is 13.0 Å². The fraction of sp³-hybridized carbons (Fsp3) is 0.500. The maximum absolute atomic E-state index is 11.2. The summed E-state index contributed by atoms with van der Waals surface area (Å²) < 4.78 is 1.13. The number of hydrogen-bond acceptors (Lipinski definition) is 3. The van der Waals surface area contributed by atoms with Gasteiger partial charge in [-0.15, -0.1) is 11.3 Å². The second-order valence-corrected chi connectivity index (χ2v) is 5.68. The summed E-state index contributed by atoms with van der Waals surface area (Å²) >= 11 is 5.10. The van der Waals surface area contributed by atoms with Crippen LogP contribution < -0.4 is 5.32 Å². The van der Waals surface area contributed by atoms with E-state index in [1.807, 2.05) is 6.07 Å². The van der Waals surface area contributed by atoms with Crippen molar-refractivity contribution in [3.63, 3.8) is 0 Å². The van der Waals surface area contributed by atoms with Crippen LogP contribution in [0.5, 0.6) is 0 Å². The van der Waals surface area contributed by atoms with Crippen LogP contribution in [0.3, 0.4) is 0 Å². The highest BCUT2D eigenvalue weighted by Crippen LogP contribution is 2.23. The molecule has 0 aliphatic carbocycles. The van der Waals surface area contributed by atoms with Crippen molar-refractivity contribution in [2.24, 2.45) is 0 Å². The maximum atomic E-state index is 11.2. The zero-order chi connectivity index (χ0) is 11.1. The Labute approximate surface area is 102 Å². The topological polar surface area (TPSA) is 49.3 Å². The van der Waals surface area contributed by atoms with Crippen LogP contribution in [0.2, 0.25) is 0 Å². The quantitative estimate of drug-likeness (QED) is 0.842. The molecule has 84 valence electrons. The SMILES string of the molecule is O=C(CCCc1ccc(Br)s1)NCCO. The fourth-order valence-electron chi connectivity index (χ4n) is 1.19. The van der Waals surface area contributed by atoms with Crippen molar-refractivity contribution in [3.8, 4) is 0 Å². The Morgan fingerprint density at radius 2 is 2.33 bits per heavy atom. The molecular formula is C10H14BrNO2S. The molecule has 5 heteroatoms. The number of hydrogen-bond donors (Lipinski definition) is 2. The summed E-state index contributed by atoms with van der Waals surface area (Å²) in [4.78, 5) is 12.5. The van der Waals surface area contributed by atoms with Crippen molar-refractivity contribution >= 4 is 33.2 Å². The summed E-state index contributed by atoms with van der Waals surface area (Å²) in [5, 5.41) is 11.1. The lowest BCUT2D eigenvalue weighted by molar-refractivity contribution is -0.121. The summed E-state index contributed by atoms with van der Waals surface area (Å²) in [6.45, 7) is 0.354. The number of amides is 1. The molecule has 0 atom stereocenters. The van der Waals surface area contributed by atoms with Gasteiger partial charge in [0.2, 0.25) is 5.91 Å². The molecule has 0 aromatic carbocycles. The molecule has 0 spiro atoms. The van der Waals surface area contributed by atoms with E-state index in [0.717, 1.165) is 16.6 Å². The van der Waals surface area contributed by atoms with Gasteiger partial charge in [-0.25, -0.2) is 0 Å². The molecule has 2 N–H and O–H groups in total. The Hall–Kier alpha value is -0.390. The van der Waals surface area contributed by atoms with Gasteiger partial charge in [0.1, 0.15) is 0 Å². The van der Waals surface area contributed by atoms with Crippen molar-refractivity contribution in [2.45, 2.75) is 19.3 Å². The van der Waals surface area contributed by atoms with Crippen molar-refractivity contribution < 1.29 is 9.90 Å². The fourth-order valence-corrected chi connectivity index (χ4v) is 2.72. The summed E-state index contributed by atoms with van der Waals surface area (Å²) in [5.41, 5.74) is 0. The predicted molar refractivity (Wildman–Crippen MR) is 65.1 cm³/mol. The molecule has 15 heavy (non-hydrogen) atoms. The molecular weight excluding hydrogens is 278 g/mol. The third kappa shape index (κ3) is 5.30. The van der Waals surface area contributed by atoms with Gasteiger partial charge in [-0.05, 0) is 40.9 Å². The first kappa shape index (κ1) is 12.7. The lowest BCUT2D eigenvalue weighted by atomic mass is 10.2. The van der Waals surface area contributed by atoms with Gasteiger partial charge in [0.05, 0.1) is 10.4 Å². The summed E-state index contributed by atoms with van der Waals surface area (Å²) in [5.74, 6) is 0.0136. The van der Waals surface area contributed by atoms with Gasteiger partial charge in [0, 0.05) is 17.8 Å². The van der Waals surface area contributed by atoms with Crippen LogP contribution in [0, 0.1) is 0 Å². The van der Waals surface area contributed by atoms with Crippen molar-refractivity contribution in [1.82, 2.24) is 5.32 Å². The molecule has 0 unspecified atom stereocenters. The zero-order valence-corrected chi connectivity index (χ0v) is 10.7. The van der Waals surface area contributed by atoms with Crippen LogP contribution in [0.1, 0.15) is 17.7 Å². The second kappa shape index (κ2) is 6.98. The molecule has 0 fully saturated rings. The van der Waals surface area contributed by atoms with Crippen molar-refractivity contribution in [1.29, 1.82) is 0 Å². The van der Waals surface area contributed by atoms with Gasteiger partial charge in [-0.3, -0.25) is 4.79 Å². The van der Waals surface area contributed by atoms with Gasteiger partial charge < -0.3 is 10.4 Å². The van der Waals surface area contributed by atoms with Crippen molar-refractivity contribution in [2.75, 3.05) is 13.2 Å². The van der Waals surface area contributed by atoms with E-state index in [-0.39, 0.29) is 12.5 Å². The monoisotopic (exact) mass is 291 g/mol. The highest BCUT2D eigenvalue weighted by Gasteiger charge is 2.02. The number of nitrogens with one attached hydrogen (secondary N) is 1. The van der Waals surface area contributed by atoms with E-state index in [2.05, 4.69) is 27.3 Å². The van der Waals surface area contributed by atoms with E-state index in [9.17, 15) is 4.79 Å². The predicted octanol–water partition coefficient (Wildman–Crippen LogP) is 1.94. The van der Waals surface area contributed by atoms with Gasteiger partial charge in [-0.2, -0.15) is 0 Å². The molecule has 1 rings (SSSR count). The number of carbonyl (C=O) groups excluding carboxylic acids is 1. The molecule has 0 saturated heterocycles. The molecule has 1 aromatic heterocycles. The summed E-state index contributed by atoms with van der Waals surface area (Å²) in [6.07, 6.45) is 2.31. The first-order valence-corrected chi connectivity index (χ1v) is 6.45. The zero-order valence-electron chi connectivity index (χ0n) is 8.33. The normalized spacial score (nSPS) is 10.3. The summed E-state index contributed by atoms with van der Waals surface area (Å²) in [6, 6.07) is 4.09. The third-order valence-electron chi connectivity index (χ3n) is 1.89. The molecule has 1 aromatic rings. The molecule has 0 saturated carbocycles. The van der Waals surface area contributed by atoms with Crippen LogP contribution in [-0.2, 0) is 11.2 Å². The van der Waals surface area contributed by atoms with Crippen LogP contribution >= 0.6 is 27.3 Å². The number of thiophene rings is 1. The Bertz CT molecular complexity index is 314. The highest BCUT2D eigenvalue weighted by atomic mass is 79.9. The average Bonchev–Trinajstić information content (AvgIpc) is 2.61. The molecule has 0 radical (unpaired) electrons. The number of aliphatic hydroxyl groups excluding tert-OH is 1. The van der Waals surface area contributed by atoms with E-state index >= 15 is 0 Å². The lowest BCUT2D eigenvalue weighted by Crippen LogP contribution is -2.26.